The fourth-order valence-electron chi connectivity index (χ4n) is 5.60. The van der Waals surface area contributed by atoms with E-state index < -0.39 is 36.7 Å². The van der Waals surface area contributed by atoms with Crippen LogP contribution in [0.3, 0.4) is 0 Å². The van der Waals surface area contributed by atoms with Crippen molar-refractivity contribution < 1.29 is 33.2 Å². The molecule has 3 aromatic rings. The Bertz CT molecular complexity index is 1180. The first-order valence-electron chi connectivity index (χ1n) is 15.1. The lowest BCUT2D eigenvalue weighted by molar-refractivity contribution is -0.247. The first-order valence-corrected chi connectivity index (χ1v) is 15.1. The molecule has 7 nitrogen and oxygen atoms in total. The fourth-order valence-corrected chi connectivity index (χ4v) is 5.60. The third kappa shape index (κ3) is 8.96. The van der Waals surface area contributed by atoms with Gasteiger partial charge in [0.25, 0.3) is 0 Å². The summed E-state index contributed by atoms with van der Waals surface area (Å²) in [7, 11) is 0. The van der Waals surface area contributed by atoms with Crippen molar-refractivity contribution in [1.82, 2.24) is 0 Å². The molecular weight excluding hydrogens is 532 g/mol. The molecule has 1 aliphatic carbocycles. The molecule has 5 rings (SSSR count). The van der Waals surface area contributed by atoms with Crippen molar-refractivity contribution >= 4 is 5.97 Å². The van der Waals surface area contributed by atoms with Crippen LogP contribution in [0.25, 0.3) is 0 Å². The maximum atomic E-state index is 12.5. The Hall–Kier alpha value is -3.07. The molecule has 0 aromatic heterocycles. The zero-order valence-corrected chi connectivity index (χ0v) is 24.3. The van der Waals surface area contributed by atoms with Crippen molar-refractivity contribution in [1.29, 1.82) is 0 Å². The third-order valence-corrected chi connectivity index (χ3v) is 7.77. The summed E-state index contributed by atoms with van der Waals surface area (Å²) >= 11 is 0. The van der Waals surface area contributed by atoms with Gasteiger partial charge in [0.2, 0.25) is 0 Å². The Morgan fingerprint density at radius 2 is 1.17 bits per heavy atom. The molecule has 0 amide bonds. The summed E-state index contributed by atoms with van der Waals surface area (Å²) in [5.74, 6) is -0.431. The lowest BCUT2D eigenvalue weighted by Crippen LogP contribution is -2.52. The van der Waals surface area contributed by atoms with E-state index in [1.807, 2.05) is 91.0 Å². The van der Waals surface area contributed by atoms with E-state index in [4.69, 9.17) is 28.4 Å². The summed E-state index contributed by atoms with van der Waals surface area (Å²) in [6, 6.07) is 29.9. The number of ether oxygens (including phenoxy) is 6. The second kappa shape index (κ2) is 16.0. The van der Waals surface area contributed by atoms with Crippen LogP contribution in [0.2, 0.25) is 0 Å². The zero-order valence-electron chi connectivity index (χ0n) is 24.3. The van der Waals surface area contributed by atoms with Crippen LogP contribution in [0.15, 0.2) is 91.0 Å². The van der Waals surface area contributed by atoms with Crippen LogP contribution in [0, 0.1) is 0 Å². The summed E-state index contributed by atoms with van der Waals surface area (Å²) < 4.78 is 38.7. The molecular formula is C35H42O7. The quantitative estimate of drug-likeness (QED) is 0.233. The van der Waals surface area contributed by atoms with Gasteiger partial charge >= 0.3 is 5.97 Å². The minimum Gasteiger partial charge on any atom is -0.454 e. The third-order valence-electron chi connectivity index (χ3n) is 7.77. The van der Waals surface area contributed by atoms with E-state index in [2.05, 4.69) is 0 Å². The lowest BCUT2D eigenvalue weighted by Gasteiger charge is -2.36. The number of benzene rings is 3. The van der Waals surface area contributed by atoms with Gasteiger partial charge in [0, 0.05) is 6.92 Å². The van der Waals surface area contributed by atoms with Crippen LogP contribution < -0.4 is 0 Å². The summed E-state index contributed by atoms with van der Waals surface area (Å²) in [6.45, 7) is 2.61. The van der Waals surface area contributed by atoms with Crippen LogP contribution in [-0.4, -0.2) is 49.4 Å². The molecule has 5 atom stereocenters. The molecule has 0 bridgehead atoms. The van der Waals surface area contributed by atoms with Crippen molar-refractivity contribution in [2.45, 2.75) is 95.7 Å². The predicted octanol–water partition coefficient (Wildman–Crippen LogP) is 6.38. The summed E-state index contributed by atoms with van der Waals surface area (Å²) in [5, 5.41) is 0. The normalized spacial score (nSPS) is 25.0. The average Bonchev–Trinajstić information content (AvgIpc) is 3.16. The van der Waals surface area contributed by atoms with E-state index in [1.165, 1.54) is 13.3 Å². The van der Waals surface area contributed by atoms with Gasteiger partial charge in [-0.2, -0.15) is 0 Å². The topological polar surface area (TPSA) is 72.5 Å². The van der Waals surface area contributed by atoms with Gasteiger partial charge in [-0.15, -0.1) is 0 Å². The number of carbonyl (C=O) groups is 1. The van der Waals surface area contributed by atoms with Gasteiger partial charge in [-0.3, -0.25) is 4.79 Å². The number of hydrogen-bond donors (Lipinski definition) is 0. The van der Waals surface area contributed by atoms with E-state index in [0.29, 0.717) is 19.8 Å². The van der Waals surface area contributed by atoms with E-state index >= 15 is 0 Å². The molecule has 1 saturated heterocycles. The molecule has 0 radical (unpaired) electrons. The molecule has 1 heterocycles. The second-order valence-corrected chi connectivity index (χ2v) is 11.0. The Balaban J connectivity index is 1.45. The molecule has 0 spiro atoms. The Labute approximate surface area is 249 Å². The minimum atomic E-state index is -0.848. The van der Waals surface area contributed by atoms with Crippen molar-refractivity contribution in [3.8, 4) is 0 Å². The summed E-state index contributed by atoms with van der Waals surface area (Å²) in [4.78, 5) is 12.5. The van der Waals surface area contributed by atoms with Gasteiger partial charge in [0.05, 0.1) is 32.5 Å². The van der Waals surface area contributed by atoms with Gasteiger partial charge in [-0.05, 0) is 29.5 Å². The molecule has 7 heteroatoms. The first kappa shape index (κ1) is 30.4. The molecule has 2 aliphatic rings. The maximum absolute atomic E-state index is 12.5. The smallest absolute Gasteiger partial charge is 0.303 e. The van der Waals surface area contributed by atoms with Crippen molar-refractivity contribution in [2.24, 2.45) is 0 Å². The predicted molar refractivity (Wildman–Crippen MR) is 158 cm³/mol. The highest BCUT2D eigenvalue weighted by Gasteiger charge is 2.48. The summed E-state index contributed by atoms with van der Waals surface area (Å²) in [6.07, 6.45) is 1.85. The monoisotopic (exact) mass is 574 g/mol. The van der Waals surface area contributed by atoms with Crippen LogP contribution in [0.4, 0.5) is 0 Å². The summed E-state index contributed by atoms with van der Waals surface area (Å²) in [5.41, 5.74) is 3.06. The van der Waals surface area contributed by atoms with Crippen LogP contribution >= 0.6 is 0 Å². The second-order valence-electron chi connectivity index (χ2n) is 11.0. The van der Waals surface area contributed by atoms with Gasteiger partial charge in [-0.25, -0.2) is 0 Å². The molecule has 1 aliphatic heterocycles. The Morgan fingerprint density at radius 3 is 1.69 bits per heavy atom. The van der Waals surface area contributed by atoms with Gasteiger partial charge < -0.3 is 28.4 Å². The molecule has 1 saturated carbocycles. The van der Waals surface area contributed by atoms with E-state index in [-0.39, 0.29) is 12.7 Å². The number of esters is 1. The van der Waals surface area contributed by atoms with E-state index in [9.17, 15) is 4.79 Å². The van der Waals surface area contributed by atoms with Gasteiger partial charge in [-0.1, -0.05) is 110 Å². The van der Waals surface area contributed by atoms with Gasteiger partial charge in [0.1, 0.15) is 18.3 Å². The minimum absolute atomic E-state index is 0.0297. The van der Waals surface area contributed by atoms with E-state index in [1.54, 1.807) is 0 Å². The largest absolute Gasteiger partial charge is 0.454 e. The first-order chi connectivity index (χ1) is 20.7. The molecule has 0 unspecified atom stereocenters. The van der Waals surface area contributed by atoms with Crippen LogP contribution in [-0.2, 0) is 53.0 Å². The standard InChI is InChI=1S/C35H42O7/c1-26(36)41-34-33(39-24-29-18-10-4-11-19-29)32(38-23-28-16-8-3-9-17-28)31(37-22-27-14-6-2-7-15-27)25-40-35(34)42-30-20-12-5-13-21-30/h2-4,6-11,14-19,30-35H,5,12-13,20-25H2,1H3/t31-,32+,33-,34+,35-/m1/s1. The number of hydrogen-bond acceptors (Lipinski definition) is 7. The van der Waals surface area contributed by atoms with Crippen molar-refractivity contribution in [3.63, 3.8) is 0 Å². The van der Waals surface area contributed by atoms with Crippen molar-refractivity contribution in [2.75, 3.05) is 6.61 Å². The molecule has 224 valence electrons. The maximum Gasteiger partial charge on any atom is 0.303 e. The van der Waals surface area contributed by atoms with E-state index in [0.717, 1.165) is 42.4 Å². The number of rotatable bonds is 12. The highest BCUT2D eigenvalue weighted by Crippen LogP contribution is 2.31. The number of carbonyl (C=O) groups excluding carboxylic acids is 1. The zero-order chi connectivity index (χ0) is 29.0. The molecule has 2 fully saturated rings. The molecule has 42 heavy (non-hydrogen) atoms. The lowest BCUT2D eigenvalue weighted by atomic mass is 9.97. The fraction of sp³-hybridized carbons (Fsp3) is 0.457. The van der Waals surface area contributed by atoms with Crippen molar-refractivity contribution in [3.05, 3.63) is 108 Å². The SMILES string of the molecule is CC(=O)O[C@@H]1[C@@H](OC2CCCCC2)OC[C@@H](OCc2ccccc2)[C@H](OCc2ccccc2)[C@H]1OCc1ccccc1. The highest BCUT2D eigenvalue weighted by atomic mass is 16.7. The Kier molecular flexibility index (Phi) is 11.5. The van der Waals surface area contributed by atoms with Crippen LogP contribution in [0.5, 0.6) is 0 Å². The molecule has 3 aromatic carbocycles. The van der Waals surface area contributed by atoms with Gasteiger partial charge in [0.15, 0.2) is 12.4 Å². The average molecular weight is 575 g/mol. The van der Waals surface area contributed by atoms with Crippen LogP contribution in [0.1, 0.15) is 55.7 Å². The highest BCUT2D eigenvalue weighted by molar-refractivity contribution is 5.66. The Morgan fingerprint density at radius 1 is 0.667 bits per heavy atom. The molecule has 0 N–H and O–H groups in total.